The summed E-state index contributed by atoms with van der Waals surface area (Å²) < 4.78 is 14.8. The highest BCUT2D eigenvalue weighted by Gasteiger charge is 2.22. The lowest BCUT2D eigenvalue weighted by Gasteiger charge is -2.18. The van der Waals surface area contributed by atoms with Crippen molar-refractivity contribution in [2.45, 2.75) is 6.42 Å². The van der Waals surface area contributed by atoms with E-state index in [1.165, 1.54) is 12.1 Å². The zero-order valence-corrected chi connectivity index (χ0v) is 16.0. The summed E-state index contributed by atoms with van der Waals surface area (Å²) in [6, 6.07) is 16.4. The maximum absolute atomic E-state index is 13.1. The molecule has 0 aliphatic carbocycles. The van der Waals surface area contributed by atoms with Gasteiger partial charge in [0.2, 0.25) is 5.91 Å². The highest BCUT2D eigenvalue weighted by atomic mass is 19.1. The number of carbonyl (C=O) groups is 1. The first-order valence-electron chi connectivity index (χ1n) is 9.74. The molecule has 0 saturated carbocycles. The Hall–Kier alpha value is -3.41. The summed E-state index contributed by atoms with van der Waals surface area (Å²) in [5.74, 6) is 0.0498. The fourth-order valence-corrected chi connectivity index (χ4v) is 3.51. The minimum absolute atomic E-state index is 0.113. The molecule has 1 atom stereocenters. The molecule has 1 aliphatic heterocycles. The zero-order chi connectivity index (χ0) is 20.1. The number of carbonyl (C=O) groups excluding carboxylic acids is 1. The predicted molar refractivity (Wildman–Crippen MR) is 112 cm³/mol. The molecule has 1 amide bonds. The van der Waals surface area contributed by atoms with Crippen molar-refractivity contribution < 1.29 is 9.18 Å². The molecule has 6 heteroatoms. The van der Waals surface area contributed by atoms with Gasteiger partial charge in [0.1, 0.15) is 5.82 Å². The standard InChI is InChI=1S/C23H23FN4O/c24-20-7-9-21(10-8-20)27-13-12-19(16-27)14-25-23(29)11-6-18-15-26-28(17-18)22-4-2-1-3-5-22/h1-11,15,17,19H,12-14,16H2,(H,25,29)/b11-6+. The van der Waals surface area contributed by atoms with Crippen LogP contribution in [-0.2, 0) is 4.79 Å². The van der Waals surface area contributed by atoms with Gasteiger partial charge in [-0.2, -0.15) is 5.10 Å². The molecular formula is C23H23FN4O. The van der Waals surface area contributed by atoms with Gasteiger partial charge in [-0.3, -0.25) is 4.79 Å². The average molecular weight is 390 g/mol. The van der Waals surface area contributed by atoms with Crippen molar-refractivity contribution in [3.8, 4) is 5.69 Å². The van der Waals surface area contributed by atoms with Crippen LogP contribution in [0.25, 0.3) is 11.8 Å². The van der Waals surface area contributed by atoms with Gasteiger partial charge in [-0.05, 0) is 54.8 Å². The van der Waals surface area contributed by atoms with Gasteiger partial charge in [0, 0.05) is 43.2 Å². The number of rotatable bonds is 6. The molecule has 1 saturated heterocycles. The van der Waals surface area contributed by atoms with Crippen molar-refractivity contribution in [1.29, 1.82) is 0 Å². The van der Waals surface area contributed by atoms with Crippen LogP contribution < -0.4 is 10.2 Å². The van der Waals surface area contributed by atoms with E-state index in [9.17, 15) is 9.18 Å². The van der Waals surface area contributed by atoms with Crippen LogP contribution >= 0.6 is 0 Å². The molecule has 4 rings (SSSR count). The largest absolute Gasteiger partial charge is 0.371 e. The molecule has 0 spiro atoms. The van der Waals surface area contributed by atoms with Gasteiger partial charge in [-0.15, -0.1) is 0 Å². The lowest BCUT2D eigenvalue weighted by molar-refractivity contribution is -0.116. The molecule has 1 unspecified atom stereocenters. The predicted octanol–water partition coefficient (Wildman–Crippen LogP) is 3.67. The summed E-state index contributed by atoms with van der Waals surface area (Å²) in [5, 5.41) is 7.30. The van der Waals surface area contributed by atoms with E-state index in [0.717, 1.165) is 36.4 Å². The SMILES string of the molecule is O=C(/C=C/c1cnn(-c2ccccc2)c1)NCC1CCN(c2ccc(F)cc2)C1. The van der Waals surface area contributed by atoms with Crippen LogP contribution in [0.1, 0.15) is 12.0 Å². The molecule has 1 N–H and O–H groups in total. The van der Waals surface area contributed by atoms with Crippen molar-refractivity contribution in [3.05, 3.63) is 84.4 Å². The van der Waals surface area contributed by atoms with Crippen LogP contribution in [-0.4, -0.2) is 35.3 Å². The maximum Gasteiger partial charge on any atom is 0.244 e. The Bertz CT molecular complexity index is 982. The van der Waals surface area contributed by atoms with Gasteiger partial charge in [-0.25, -0.2) is 9.07 Å². The second-order valence-electron chi connectivity index (χ2n) is 7.21. The molecule has 1 fully saturated rings. The number of amides is 1. The molecule has 3 aromatic rings. The number of anilines is 1. The molecule has 0 radical (unpaired) electrons. The van der Waals surface area contributed by atoms with E-state index in [4.69, 9.17) is 0 Å². The number of aromatic nitrogens is 2. The van der Waals surface area contributed by atoms with E-state index in [-0.39, 0.29) is 11.7 Å². The third kappa shape index (κ3) is 4.90. The Balaban J connectivity index is 1.25. The third-order valence-electron chi connectivity index (χ3n) is 5.09. The Labute approximate surface area is 169 Å². The first-order chi connectivity index (χ1) is 14.2. The minimum atomic E-state index is -0.224. The summed E-state index contributed by atoms with van der Waals surface area (Å²) in [6.07, 6.45) is 7.93. The molecule has 1 aromatic heterocycles. The van der Waals surface area contributed by atoms with Crippen LogP contribution in [0.5, 0.6) is 0 Å². The summed E-state index contributed by atoms with van der Waals surface area (Å²) in [5.41, 5.74) is 2.87. The van der Waals surface area contributed by atoms with E-state index in [0.29, 0.717) is 12.5 Å². The monoisotopic (exact) mass is 390 g/mol. The van der Waals surface area contributed by atoms with E-state index in [1.807, 2.05) is 36.5 Å². The summed E-state index contributed by atoms with van der Waals surface area (Å²) in [6.45, 7) is 2.41. The van der Waals surface area contributed by atoms with Crippen molar-refractivity contribution in [2.24, 2.45) is 5.92 Å². The first-order valence-corrected chi connectivity index (χ1v) is 9.74. The summed E-state index contributed by atoms with van der Waals surface area (Å²) in [4.78, 5) is 14.4. The maximum atomic E-state index is 13.1. The number of hydrogen-bond acceptors (Lipinski definition) is 3. The molecule has 0 bridgehead atoms. The number of nitrogens with zero attached hydrogens (tertiary/aromatic N) is 3. The van der Waals surface area contributed by atoms with E-state index in [2.05, 4.69) is 15.3 Å². The second-order valence-corrected chi connectivity index (χ2v) is 7.21. The smallest absolute Gasteiger partial charge is 0.244 e. The molecule has 2 aromatic carbocycles. The quantitative estimate of drug-likeness (QED) is 0.654. The van der Waals surface area contributed by atoms with Gasteiger partial charge >= 0.3 is 0 Å². The second kappa shape index (κ2) is 8.73. The highest BCUT2D eigenvalue weighted by molar-refractivity contribution is 5.91. The topological polar surface area (TPSA) is 50.2 Å². The Morgan fingerprint density at radius 1 is 1.14 bits per heavy atom. The van der Waals surface area contributed by atoms with Crippen molar-refractivity contribution in [1.82, 2.24) is 15.1 Å². The molecular weight excluding hydrogens is 367 g/mol. The van der Waals surface area contributed by atoms with Crippen molar-refractivity contribution in [2.75, 3.05) is 24.5 Å². The first kappa shape index (κ1) is 18.9. The van der Waals surface area contributed by atoms with E-state index < -0.39 is 0 Å². The zero-order valence-electron chi connectivity index (χ0n) is 16.0. The van der Waals surface area contributed by atoms with Crippen LogP contribution in [0, 0.1) is 11.7 Å². The van der Waals surface area contributed by atoms with Crippen molar-refractivity contribution >= 4 is 17.7 Å². The van der Waals surface area contributed by atoms with Gasteiger partial charge in [0.05, 0.1) is 11.9 Å². The van der Waals surface area contributed by atoms with Crippen LogP contribution in [0.3, 0.4) is 0 Å². The minimum Gasteiger partial charge on any atom is -0.371 e. The Morgan fingerprint density at radius 3 is 2.72 bits per heavy atom. The number of halogens is 1. The fourth-order valence-electron chi connectivity index (χ4n) is 3.51. The normalized spacial score (nSPS) is 16.4. The Kier molecular flexibility index (Phi) is 5.70. The van der Waals surface area contributed by atoms with Crippen LogP contribution in [0.15, 0.2) is 73.1 Å². The average Bonchev–Trinajstić information content (AvgIpc) is 3.42. The number of benzene rings is 2. The van der Waals surface area contributed by atoms with E-state index >= 15 is 0 Å². The molecule has 2 heterocycles. The molecule has 29 heavy (non-hydrogen) atoms. The number of nitrogens with one attached hydrogen (secondary N) is 1. The van der Waals surface area contributed by atoms with Gasteiger partial charge in [0.25, 0.3) is 0 Å². The highest BCUT2D eigenvalue weighted by Crippen LogP contribution is 2.23. The van der Waals surface area contributed by atoms with Gasteiger partial charge in [0.15, 0.2) is 0 Å². The summed E-state index contributed by atoms with van der Waals surface area (Å²) in [7, 11) is 0. The van der Waals surface area contributed by atoms with Crippen LogP contribution in [0.4, 0.5) is 10.1 Å². The number of hydrogen-bond donors (Lipinski definition) is 1. The van der Waals surface area contributed by atoms with Gasteiger partial charge in [-0.1, -0.05) is 18.2 Å². The van der Waals surface area contributed by atoms with Crippen LogP contribution in [0.2, 0.25) is 0 Å². The van der Waals surface area contributed by atoms with E-state index in [1.54, 1.807) is 35.2 Å². The Morgan fingerprint density at radius 2 is 1.93 bits per heavy atom. The lowest BCUT2D eigenvalue weighted by Crippen LogP contribution is -2.29. The lowest BCUT2D eigenvalue weighted by atomic mass is 10.1. The third-order valence-corrected chi connectivity index (χ3v) is 5.09. The molecule has 5 nitrogen and oxygen atoms in total. The van der Waals surface area contributed by atoms with Crippen molar-refractivity contribution in [3.63, 3.8) is 0 Å². The van der Waals surface area contributed by atoms with Gasteiger partial charge < -0.3 is 10.2 Å². The summed E-state index contributed by atoms with van der Waals surface area (Å²) >= 11 is 0. The molecule has 1 aliphatic rings. The number of para-hydroxylation sites is 1. The molecule has 148 valence electrons. The fraction of sp³-hybridized carbons (Fsp3) is 0.217.